The minimum absolute atomic E-state index is 0.169. The van der Waals surface area contributed by atoms with Crippen LogP contribution in [0.25, 0.3) is 10.6 Å². The fourth-order valence-corrected chi connectivity index (χ4v) is 3.27. The fourth-order valence-electron chi connectivity index (χ4n) is 1.50. The molecule has 0 aromatic carbocycles. The zero-order valence-corrected chi connectivity index (χ0v) is 12.4. The standard InChI is InChI=1S/C13H15NO3S2/c1-9(5-12(15)16-2)18-7-11-8-19-13(14-11)10-3-4-17-6-10/h3-4,6,8-9H,5,7H2,1-2H3. The normalized spacial score (nSPS) is 12.3. The lowest BCUT2D eigenvalue weighted by Crippen LogP contribution is -2.08. The summed E-state index contributed by atoms with van der Waals surface area (Å²) in [5.41, 5.74) is 2.03. The topological polar surface area (TPSA) is 52.3 Å². The Morgan fingerprint density at radius 1 is 1.63 bits per heavy atom. The van der Waals surface area contributed by atoms with Crippen LogP contribution in [0.4, 0.5) is 0 Å². The van der Waals surface area contributed by atoms with Crippen LogP contribution in [0.3, 0.4) is 0 Å². The van der Waals surface area contributed by atoms with Crippen molar-refractivity contribution in [1.29, 1.82) is 0 Å². The summed E-state index contributed by atoms with van der Waals surface area (Å²) in [7, 11) is 1.41. The zero-order chi connectivity index (χ0) is 13.7. The number of thioether (sulfide) groups is 1. The Morgan fingerprint density at radius 3 is 3.16 bits per heavy atom. The molecule has 2 heterocycles. The molecule has 2 rings (SSSR count). The number of hydrogen-bond acceptors (Lipinski definition) is 6. The first-order valence-electron chi connectivity index (χ1n) is 5.84. The molecule has 0 amide bonds. The Bertz CT molecular complexity index is 522. The van der Waals surface area contributed by atoms with E-state index in [0.717, 1.165) is 22.0 Å². The van der Waals surface area contributed by atoms with E-state index in [1.807, 2.05) is 18.4 Å². The van der Waals surface area contributed by atoms with Crippen molar-refractivity contribution in [3.8, 4) is 10.6 Å². The number of rotatable bonds is 6. The molecule has 19 heavy (non-hydrogen) atoms. The molecule has 6 heteroatoms. The van der Waals surface area contributed by atoms with Crippen LogP contribution in [0, 0.1) is 0 Å². The Labute approximate surface area is 120 Å². The lowest BCUT2D eigenvalue weighted by molar-refractivity contribution is -0.140. The van der Waals surface area contributed by atoms with Crippen molar-refractivity contribution >= 4 is 29.1 Å². The van der Waals surface area contributed by atoms with Crippen molar-refractivity contribution in [1.82, 2.24) is 4.98 Å². The van der Waals surface area contributed by atoms with E-state index < -0.39 is 0 Å². The van der Waals surface area contributed by atoms with Crippen LogP contribution in [0.5, 0.6) is 0 Å². The maximum absolute atomic E-state index is 11.1. The van der Waals surface area contributed by atoms with Crippen molar-refractivity contribution < 1.29 is 13.9 Å². The largest absolute Gasteiger partial charge is 0.472 e. The third kappa shape index (κ3) is 4.11. The van der Waals surface area contributed by atoms with Crippen LogP contribution >= 0.6 is 23.1 Å². The van der Waals surface area contributed by atoms with Gasteiger partial charge in [-0.05, 0) is 6.07 Å². The number of aromatic nitrogens is 1. The van der Waals surface area contributed by atoms with Crippen molar-refractivity contribution in [2.45, 2.75) is 24.3 Å². The van der Waals surface area contributed by atoms with Gasteiger partial charge in [0.2, 0.25) is 0 Å². The van der Waals surface area contributed by atoms with Gasteiger partial charge in [-0.15, -0.1) is 11.3 Å². The van der Waals surface area contributed by atoms with E-state index in [4.69, 9.17) is 4.42 Å². The van der Waals surface area contributed by atoms with Crippen LogP contribution in [-0.2, 0) is 15.3 Å². The van der Waals surface area contributed by atoms with E-state index in [-0.39, 0.29) is 11.2 Å². The molecule has 0 fully saturated rings. The van der Waals surface area contributed by atoms with E-state index in [1.54, 1.807) is 35.6 Å². The second-order valence-corrected chi connectivity index (χ2v) is 6.34. The molecule has 0 aliphatic carbocycles. The minimum Gasteiger partial charge on any atom is -0.472 e. The van der Waals surface area contributed by atoms with Crippen LogP contribution in [-0.4, -0.2) is 23.3 Å². The van der Waals surface area contributed by atoms with Gasteiger partial charge in [0.25, 0.3) is 0 Å². The van der Waals surface area contributed by atoms with Gasteiger partial charge in [0.05, 0.1) is 25.5 Å². The highest BCUT2D eigenvalue weighted by Gasteiger charge is 2.11. The van der Waals surface area contributed by atoms with Crippen molar-refractivity contribution in [2.75, 3.05) is 7.11 Å². The highest BCUT2D eigenvalue weighted by atomic mass is 32.2. The second-order valence-electron chi connectivity index (χ2n) is 4.06. The monoisotopic (exact) mass is 297 g/mol. The second kappa shape index (κ2) is 6.77. The number of hydrogen-bond donors (Lipinski definition) is 0. The molecular weight excluding hydrogens is 282 g/mol. The molecule has 4 nitrogen and oxygen atoms in total. The molecule has 0 saturated heterocycles. The summed E-state index contributed by atoms with van der Waals surface area (Å²) in [6.07, 6.45) is 3.76. The van der Waals surface area contributed by atoms with E-state index in [1.165, 1.54) is 7.11 Å². The van der Waals surface area contributed by atoms with Gasteiger partial charge >= 0.3 is 5.97 Å². The lowest BCUT2D eigenvalue weighted by Gasteiger charge is -2.08. The average molecular weight is 297 g/mol. The maximum atomic E-state index is 11.1. The van der Waals surface area contributed by atoms with Crippen LogP contribution in [0.2, 0.25) is 0 Å². The number of furan rings is 1. The third-order valence-electron chi connectivity index (χ3n) is 2.52. The van der Waals surface area contributed by atoms with Gasteiger partial charge in [-0.1, -0.05) is 6.92 Å². The SMILES string of the molecule is COC(=O)CC(C)SCc1csc(-c2ccoc2)n1. The van der Waals surface area contributed by atoms with Crippen LogP contribution in [0.1, 0.15) is 19.0 Å². The lowest BCUT2D eigenvalue weighted by atomic mass is 10.3. The number of ether oxygens (including phenoxy) is 1. The van der Waals surface area contributed by atoms with Crippen LogP contribution < -0.4 is 0 Å². The van der Waals surface area contributed by atoms with Crippen LogP contribution in [0.15, 0.2) is 28.4 Å². The number of methoxy groups -OCH3 is 1. The summed E-state index contributed by atoms with van der Waals surface area (Å²) in [6, 6.07) is 1.90. The fraction of sp³-hybridized carbons (Fsp3) is 0.385. The zero-order valence-electron chi connectivity index (χ0n) is 10.8. The summed E-state index contributed by atoms with van der Waals surface area (Å²) >= 11 is 3.30. The molecule has 0 radical (unpaired) electrons. The van der Waals surface area contributed by atoms with E-state index in [0.29, 0.717) is 6.42 Å². The van der Waals surface area contributed by atoms with Crippen molar-refractivity contribution in [3.63, 3.8) is 0 Å². The maximum Gasteiger partial charge on any atom is 0.306 e. The highest BCUT2D eigenvalue weighted by Crippen LogP contribution is 2.27. The van der Waals surface area contributed by atoms with Crippen molar-refractivity contribution in [2.24, 2.45) is 0 Å². The predicted molar refractivity (Wildman–Crippen MR) is 77.2 cm³/mol. The predicted octanol–water partition coefficient (Wildman–Crippen LogP) is 3.59. The highest BCUT2D eigenvalue weighted by molar-refractivity contribution is 7.99. The van der Waals surface area contributed by atoms with Gasteiger partial charge < -0.3 is 9.15 Å². The summed E-state index contributed by atoms with van der Waals surface area (Å²) < 4.78 is 9.69. The molecule has 0 aliphatic heterocycles. The molecular formula is C13H15NO3S2. The molecule has 0 bridgehead atoms. The minimum atomic E-state index is -0.169. The number of thiazole rings is 1. The molecule has 2 aromatic heterocycles. The molecule has 0 spiro atoms. The van der Waals surface area contributed by atoms with Gasteiger partial charge in [0, 0.05) is 21.9 Å². The molecule has 0 aliphatic rings. The van der Waals surface area contributed by atoms with Gasteiger partial charge in [0.15, 0.2) is 0 Å². The number of carbonyl (C=O) groups excluding carboxylic acids is 1. The molecule has 1 unspecified atom stereocenters. The Balaban J connectivity index is 1.85. The third-order valence-corrected chi connectivity index (χ3v) is 4.66. The summed E-state index contributed by atoms with van der Waals surface area (Å²) in [5, 5.41) is 3.23. The molecule has 1 atom stereocenters. The first-order valence-corrected chi connectivity index (χ1v) is 7.77. The van der Waals surface area contributed by atoms with Gasteiger partial charge in [-0.2, -0.15) is 11.8 Å². The average Bonchev–Trinajstić information content (AvgIpc) is 3.06. The smallest absolute Gasteiger partial charge is 0.306 e. The molecule has 0 N–H and O–H groups in total. The molecule has 0 saturated carbocycles. The Morgan fingerprint density at radius 2 is 2.47 bits per heavy atom. The molecule has 2 aromatic rings. The van der Waals surface area contributed by atoms with E-state index in [2.05, 4.69) is 9.72 Å². The molecule has 102 valence electrons. The summed E-state index contributed by atoms with van der Waals surface area (Å²) in [4.78, 5) is 15.7. The summed E-state index contributed by atoms with van der Waals surface area (Å²) in [5.74, 6) is 0.629. The van der Waals surface area contributed by atoms with Gasteiger partial charge in [0.1, 0.15) is 11.3 Å². The van der Waals surface area contributed by atoms with E-state index >= 15 is 0 Å². The first-order chi connectivity index (χ1) is 9.19. The Hall–Kier alpha value is -1.27. The number of nitrogens with zero attached hydrogens (tertiary/aromatic N) is 1. The quantitative estimate of drug-likeness (QED) is 0.763. The number of esters is 1. The Kier molecular flexibility index (Phi) is 5.04. The first kappa shape index (κ1) is 14.1. The van der Waals surface area contributed by atoms with Crippen molar-refractivity contribution in [3.05, 3.63) is 29.7 Å². The van der Waals surface area contributed by atoms with Gasteiger partial charge in [-0.25, -0.2) is 4.98 Å². The van der Waals surface area contributed by atoms with Gasteiger partial charge in [-0.3, -0.25) is 4.79 Å². The number of carbonyl (C=O) groups is 1. The van der Waals surface area contributed by atoms with E-state index in [9.17, 15) is 4.79 Å². The summed E-state index contributed by atoms with van der Waals surface area (Å²) in [6.45, 7) is 2.02.